The van der Waals surface area contributed by atoms with Crippen LogP contribution in [0, 0.1) is 5.82 Å². The summed E-state index contributed by atoms with van der Waals surface area (Å²) < 4.78 is 59.1. The first kappa shape index (κ1) is 22.6. The third-order valence-corrected chi connectivity index (χ3v) is 5.98. The summed E-state index contributed by atoms with van der Waals surface area (Å²) in [5.41, 5.74) is -0.647. The zero-order valence-electron chi connectivity index (χ0n) is 17.7. The number of nitrogens with one attached hydrogen (secondary N) is 2. The predicted octanol–water partition coefficient (Wildman–Crippen LogP) is 4.83. The van der Waals surface area contributed by atoms with Gasteiger partial charge in [-0.15, -0.1) is 0 Å². The van der Waals surface area contributed by atoms with Gasteiger partial charge in [0.2, 0.25) is 5.91 Å². The minimum absolute atomic E-state index is 0.0258. The van der Waals surface area contributed by atoms with Crippen molar-refractivity contribution in [3.8, 4) is 11.1 Å². The molecule has 35 heavy (non-hydrogen) atoms. The van der Waals surface area contributed by atoms with E-state index in [9.17, 15) is 27.2 Å². The SMILES string of the molecule is O=C(Cc1ccc(-c2cnc3[nH]c(C(=O)O)cc3c2)cc1F)Nc1cc(C2(C(F)(F)F)CC2)on1. The lowest BCUT2D eigenvalue weighted by molar-refractivity contribution is -0.165. The highest BCUT2D eigenvalue weighted by atomic mass is 19.4. The molecule has 0 radical (unpaired) electrons. The first-order valence-electron chi connectivity index (χ1n) is 10.4. The number of carboxylic acid groups (broad SMARTS) is 1. The molecule has 0 spiro atoms. The molecule has 1 aliphatic rings. The van der Waals surface area contributed by atoms with Gasteiger partial charge >= 0.3 is 12.1 Å². The fourth-order valence-corrected chi connectivity index (χ4v) is 3.87. The monoisotopic (exact) mass is 488 g/mol. The molecule has 1 amide bonds. The number of aromatic amines is 1. The van der Waals surface area contributed by atoms with Crippen LogP contribution in [0.15, 0.2) is 47.1 Å². The van der Waals surface area contributed by atoms with Crippen molar-refractivity contribution in [2.75, 3.05) is 5.32 Å². The number of rotatable bonds is 6. The molecule has 3 heterocycles. The number of pyridine rings is 1. The van der Waals surface area contributed by atoms with Gasteiger partial charge in [-0.05, 0) is 42.2 Å². The number of fused-ring (bicyclic) bond motifs is 1. The quantitative estimate of drug-likeness (QED) is 0.334. The fraction of sp³-hybridized carbons (Fsp3) is 0.217. The molecule has 1 saturated carbocycles. The number of H-pyrrole nitrogens is 1. The van der Waals surface area contributed by atoms with Gasteiger partial charge in [-0.3, -0.25) is 4.79 Å². The normalized spacial score (nSPS) is 14.7. The largest absolute Gasteiger partial charge is 0.477 e. The molecule has 0 bridgehead atoms. The van der Waals surface area contributed by atoms with Crippen LogP contribution in [-0.2, 0) is 16.6 Å². The molecule has 180 valence electrons. The second-order valence-electron chi connectivity index (χ2n) is 8.34. The molecular formula is C23H16F4N4O4. The number of halogens is 4. The summed E-state index contributed by atoms with van der Waals surface area (Å²) in [6, 6.07) is 8.31. The average molecular weight is 488 g/mol. The van der Waals surface area contributed by atoms with Crippen molar-refractivity contribution < 1.29 is 36.8 Å². The summed E-state index contributed by atoms with van der Waals surface area (Å²) in [6.45, 7) is 0. The van der Waals surface area contributed by atoms with Gasteiger partial charge in [-0.25, -0.2) is 14.2 Å². The van der Waals surface area contributed by atoms with Crippen molar-refractivity contribution in [2.45, 2.75) is 30.9 Å². The molecule has 3 N–H and O–H groups in total. The standard InChI is InChI=1S/C23H16F4N4O4/c24-15-6-11(14-5-13-7-16(21(33)34)29-20(13)28-10-14)1-2-12(15)8-19(32)30-18-9-17(35-31-18)22(3-4-22)23(25,26)27/h1-2,5-7,9-10H,3-4,8H2,(H,28,29)(H,33,34)(H,30,31,32). The molecule has 4 aromatic rings. The molecule has 5 rings (SSSR count). The molecule has 1 aromatic carbocycles. The fourth-order valence-electron chi connectivity index (χ4n) is 3.87. The number of amides is 1. The first-order valence-corrected chi connectivity index (χ1v) is 10.4. The van der Waals surface area contributed by atoms with E-state index in [4.69, 9.17) is 9.63 Å². The molecule has 1 fully saturated rings. The third-order valence-electron chi connectivity index (χ3n) is 5.98. The Kier molecular flexibility index (Phi) is 5.11. The number of carbonyl (C=O) groups excluding carboxylic acids is 1. The van der Waals surface area contributed by atoms with E-state index in [0.717, 1.165) is 6.07 Å². The molecule has 3 aromatic heterocycles. The van der Waals surface area contributed by atoms with Crippen LogP contribution in [0.3, 0.4) is 0 Å². The summed E-state index contributed by atoms with van der Waals surface area (Å²) in [5.74, 6) is -3.02. The number of aromatic carboxylic acids is 1. The highest BCUT2D eigenvalue weighted by Crippen LogP contribution is 2.59. The highest BCUT2D eigenvalue weighted by molar-refractivity contribution is 5.94. The summed E-state index contributed by atoms with van der Waals surface area (Å²) in [4.78, 5) is 30.2. The van der Waals surface area contributed by atoms with Gasteiger partial charge in [0.1, 0.15) is 22.6 Å². The number of anilines is 1. The number of hydrogen-bond acceptors (Lipinski definition) is 5. The molecule has 0 saturated heterocycles. The van der Waals surface area contributed by atoms with E-state index in [0.29, 0.717) is 22.2 Å². The summed E-state index contributed by atoms with van der Waals surface area (Å²) in [7, 11) is 0. The Morgan fingerprint density at radius 2 is 1.91 bits per heavy atom. The van der Waals surface area contributed by atoms with Crippen LogP contribution < -0.4 is 5.32 Å². The van der Waals surface area contributed by atoms with E-state index in [-0.39, 0.29) is 42.1 Å². The predicted molar refractivity (Wildman–Crippen MR) is 114 cm³/mol. The minimum Gasteiger partial charge on any atom is -0.477 e. The maximum Gasteiger partial charge on any atom is 0.401 e. The topological polar surface area (TPSA) is 121 Å². The number of carboxylic acids is 1. The van der Waals surface area contributed by atoms with Crippen LogP contribution >= 0.6 is 0 Å². The van der Waals surface area contributed by atoms with Crippen LogP contribution in [0.2, 0.25) is 0 Å². The van der Waals surface area contributed by atoms with Crippen LogP contribution in [0.25, 0.3) is 22.2 Å². The minimum atomic E-state index is -4.47. The van der Waals surface area contributed by atoms with Crippen molar-refractivity contribution in [2.24, 2.45) is 0 Å². The summed E-state index contributed by atoms with van der Waals surface area (Å²) in [5, 5.41) is 15.4. The number of alkyl halides is 3. The zero-order chi connectivity index (χ0) is 25.0. The Bertz CT molecular complexity index is 1470. The van der Waals surface area contributed by atoms with Crippen LogP contribution in [0.5, 0.6) is 0 Å². The van der Waals surface area contributed by atoms with Crippen molar-refractivity contribution in [1.82, 2.24) is 15.1 Å². The Balaban J connectivity index is 1.28. The van der Waals surface area contributed by atoms with Gasteiger partial charge in [0, 0.05) is 23.2 Å². The number of aromatic nitrogens is 3. The van der Waals surface area contributed by atoms with Crippen LogP contribution in [0.1, 0.15) is 34.7 Å². The van der Waals surface area contributed by atoms with Gasteiger partial charge in [-0.1, -0.05) is 17.3 Å². The van der Waals surface area contributed by atoms with E-state index in [2.05, 4.69) is 20.4 Å². The smallest absolute Gasteiger partial charge is 0.401 e. The van der Waals surface area contributed by atoms with Crippen molar-refractivity contribution in [3.63, 3.8) is 0 Å². The van der Waals surface area contributed by atoms with Crippen molar-refractivity contribution in [1.29, 1.82) is 0 Å². The lowest BCUT2D eigenvalue weighted by Crippen LogP contribution is -2.28. The number of carbonyl (C=O) groups is 2. The van der Waals surface area contributed by atoms with Crippen LogP contribution in [0.4, 0.5) is 23.4 Å². The summed E-state index contributed by atoms with van der Waals surface area (Å²) in [6.07, 6.45) is -3.61. The third kappa shape index (κ3) is 4.11. The summed E-state index contributed by atoms with van der Waals surface area (Å²) >= 11 is 0. The van der Waals surface area contributed by atoms with Crippen molar-refractivity contribution in [3.05, 3.63) is 65.4 Å². The maximum absolute atomic E-state index is 14.7. The molecule has 1 aliphatic carbocycles. The molecule has 8 nitrogen and oxygen atoms in total. The first-order chi connectivity index (χ1) is 16.6. The maximum atomic E-state index is 14.7. The Labute approximate surface area is 193 Å². The van der Waals surface area contributed by atoms with E-state index in [1.165, 1.54) is 24.4 Å². The zero-order valence-corrected chi connectivity index (χ0v) is 17.7. The number of nitrogens with zero attached hydrogens (tertiary/aromatic N) is 2. The Hall–Kier alpha value is -4.22. The highest BCUT2D eigenvalue weighted by Gasteiger charge is 2.66. The second-order valence-corrected chi connectivity index (χ2v) is 8.34. The molecule has 0 atom stereocenters. The van der Waals surface area contributed by atoms with Gasteiger partial charge < -0.3 is 19.9 Å². The average Bonchev–Trinajstić information content (AvgIpc) is 3.30. The Morgan fingerprint density at radius 1 is 1.14 bits per heavy atom. The van der Waals surface area contributed by atoms with Crippen molar-refractivity contribution >= 4 is 28.7 Å². The molecule has 0 aliphatic heterocycles. The Morgan fingerprint density at radius 3 is 2.57 bits per heavy atom. The number of benzene rings is 1. The van der Waals surface area contributed by atoms with E-state index in [1.807, 2.05) is 0 Å². The van der Waals surface area contributed by atoms with Gasteiger partial charge in [0.25, 0.3) is 0 Å². The van der Waals surface area contributed by atoms with E-state index < -0.39 is 29.3 Å². The second kappa shape index (κ2) is 7.93. The lowest BCUT2D eigenvalue weighted by atomic mass is 10.0. The number of hydrogen-bond donors (Lipinski definition) is 3. The molecular weight excluding hydrogens is 472 g/mol. The lowest BCUT2D eigenvalue weighted by Gasteiger charge is -2.14. The van der Waals surface area contributed by atoms with E-state index >= 15 is 0 Å². The van der Waals surface area contributed by atoms with Gasteiger partial charge in [-0.2, -0.15) is 13.2 Å². The van der Waals surface area contributed by atoms with Gasteiger partial charge in [0.05, 0.1) is 6.42 Å². The van der Waals surface area contributed by atoms with E-state index in [1.54, 1.807) is 12.1 Å². The molecule has 12 heteroatoms. The molecule has 0 unspecified atom stereocenters. The van der Waals surface area contributed by atoms with Gasteiger partial charge in [0.15, 0.2) is 11.6 Å². The van der Waals surface area contributed by atoms with Crippen LogP contribution in [-0.4, -0.2) is 38.3 Å².